The first kappa shape index (κ1) is 14.4. The Bertz CT molecular complexity index is 315. The number of hydrogen-bond donors (Lipinski definition) is 0. The number of hydrogen-bond acceptors (Lipinski definition) is 3. The molecule has 2 fully saturated rings. The van der Waals surface area contributed by atoms with Gasteiger partial charge in [-0.3, -0.25) is 9.59 Å². The second kappa shape index (κ2) is 6.92. The molecule has 0 unspecified atom stereocenters. The number of nitrogens with zero attached hydrogens (tertiary/aromatic N) is 1. The van der Waals surface area contributed by atoms with Gasteiger partial charge in [0.25, 0.3) is 0 Å². The Morgan fingerprint density at radius 2 is 1.74 bits per heavy atom. The van der Waals surface area contributed by atoms with Crippen LogP contribution in [-0.2, 0) is 14.3 Å². The molecule has 1 heterocycles. The Hall–Kier alpha value is -1.06. The van der Waals surface area contributed by atoms with E-state index in [0.29, 0.717) is 18.9 Å². The molecule has 0 bridgehead atoms. The van der Waals surface area contributed by atoms with Crippen LogP contribution in [0.1, 0.15) is 51.9 Å². The van der Waals surface area contributed by atoms with Crippen molar-refractivity contribution in [3.63, 3.8) is 0 Å². The summed E-state index contributed by atoms with van der Waals surface area (Å²) >= 11 is 0. The van der Waals surface area contributed by atoms with Crippen molar-refractivity contribution in [2.75, 3.05) is 19.7 Å². The van der Waals surface area contributed by atoms with Crippen molar-refractivity contribution in [1.82, 2.24) is 4.90 Å². The molecule has 1 amide bonds. The van der Waals surface area contributed by atoms with Gasteiger partial charge < -0.3 is 9.64 Å². The molecule has 108 valence electrons. The van der Waals surface area contributed by atoms with E-state index in [9.17, 15) is 9.59 Å². The zero-order valence-corrected chi connectivity index (χ0v) is 11.9. The zero-order valence-electron chi connectivity index (χ0n) is 11.9. The second-order valence-corrected chi connectivity index (χ2v) is 5.76. The normalized spacial score (nSPS) is 21.6. The van der Waals surface area contributed by atoms with E-state index in [1.807, 2.05) is 11.8 Å². The van der Waals surface area contributed by atoms with Crippen molar-refractivity contribution < 1.29 is 14.3 Å². The molecule has 1 aliphatic heterocycles. The first-order valence-corrected chi connectivity index (χ1v) is 7.65. The van der Waals surface area contributed by atoms with E-state index in [1.165, 1.54) is 25.7 Å². The minimum Gasteiger partial charge on any atom is -0.466 e. The maximum Gasteiger partial charge on any atom is 0.309 e. The molecule has 19 heavy (non-hydrogen) atoms. The van der Waals surface area contributed by atoms with Gasteiger partial charge in [0.2, 0.25) is 5.91 Å². The lowest BCUT2D eigenvalue weighted by Gasteiger charge is -2.31. The predicted octanol–water partition coefficient (Wildman–Crippen LogP) is 2.37. The fourth-order valence-corrected chi connectivity index (χ4v) is 3.22. The minimum atomic E-state index is -0.0922. The fraction of sp³-hybridized carbons (Fsp3) is 0.867. The van der Waals surface area contributed by atoms with Crippen LogP contribution in [0.25, 0.3) is 0 Å². The van der Waals surface area contributed by atoms with Gasteiger partial charge in [0.1, 0.15) is 0 Å². The topological polar surface area (TPSA) is 46.6 Å². The quantitative estimate of drug-likeness (QED) is 0.735. The van der Waals surface area contributed by atoms with E-state index < -0.39 is 0 Å². The van der Waals surface area contributed by atoms with Crippen molar-refractivity contribution in [3.05, 3.63) is 0 Å². The SMILES string of the molecule is CCOC(=O)C1CCN(C(=O)CC2CCCC2)CC1. The molecule has 2 rings (SSSR count). The van der Waals surface area contributed by atoms with Gasteiger partial charge in [0.15, 0.2) is 0 Å². The summed E-state index contributed by atoms with van der Waals surface area (Å²) in [7, 11) is 0. The minimum absolute atomic E-state index is 0.00418. The van der Waals surface area contributed by atoms with Crippen LogP contribution in [-0.4, -0.2) is 36.5 Å². The Labute approximate surface area is 115 Å². The Morgan fingerprint density at radius 1 is 1.11 bits per heavy atom. The Kier molecular flexibility index (Phi) is 5.23. The highest BCUT2D eigenvalue weighted by atomic mass is 16.5. The average molecular weight is 267 g/mol. The third-order valence-corrected chi connectivity index (χ3v) is 4.41. The summed E-state index contributed by atoms with van der Waals surface area (Å²) in [6.45, 7) is 3.71. The summed E-state index contributed by atoms with van der Waals surface area (Å²) in [5.74, 6) is 0.797. The third kappa shape index (κ3) is 3.95. The number of ether oxygens (including phenoxy) is 1. The fourth-order valence-electron chi connectivity index (χ4n) is 3.22. The highest BCUT2D eigenvalue weighted by molar-refractivity contribution is 5.77. The van der Waals surface area contributed by atoms with Crippen molar-refractivity contribution in [2.45, 2.75) is 51.9 Å². The third-order valence-electron chi connectivity index (χ3n) is 4.41. The van der Waals surface area contributed by atoms with Crippen molar-refractivity contribution >= 4 is 11.9 Å². The Balaban J connectivity index is 1.72. The first-order valence-electron chi connectivity index (χ1n) is 7.65. The lowest BCUT2D eigenvalue weighted by Crippen LogP contribution is -2.41. The summed E-state index contributed by atoms with van der Waals surface area (Å²) in [6, 6.07) is 0. The molecule has 0 N–H and O–H groups in total. The number of esters is 1. The van der Waals surface area contributed by atoms with Gasteiger partial charge in [-0.1, -0.05) is 12.8 Å². The lowest BCUT2D eigenvalue weighted by molar-refractivity contribution is -0.151. The number of carbonyl (C=O) groups is 2. The summed E-state index contributed by atoms with van der Waals surface area (Å²) in [5, 5.41) is 0. The van der Waals surface area contributed by atoms with E-state index in [4.69, 9.17) is 4.74 Å². The largest absolute Gasteiger partial charge is 0.466 e. The smallest absolute Gasteiger partial charge is 0.309 e. The van der Waals surface area contributed by atoms with Crippen molar-refractivity contribution in [2.24, 2.45) is 11.8 Å². The molecular weight excluding hydrogens is 242 g/mol. The number of carbonyl (C=O) groups excluding carboxylic acids is 2. The van der Waals surface area contributed by atoms with Gasteiger partial charge in [0.05, 0.1) is 12.5 Å². The van der Waals surface area contributed by atoms with Crippen LogP contribution < -0.4 is 0 Å². The van der Waals surface area contributed by atoms with Gasteiger partial charge in [-0.25, -0.2) is 0 Å². The van der Waals surface area contributed by atoms with Crippen LogP contribution in [0.4, 0.5) is 0 Å². The van der Waals surface area contributed by atoms with Crippen LogP contribution in [0.5, 0.6) is 0 Å². The van der Waals surface area contributed by atoms with Crippen LogP contribution in [0.2, 0.25) is 0 Å². The average Bonchev–Trinajstić information content (AvgIpc) is 2.92. The van der Waals surface area contributed by atoms with Gasteiger partial charge >= 0.3 is 5.97 Å². The van der Waals surface area contributed by atoms with E-state index >= 15 is 0 Å². The van der Waals surface area contributed by atoms with E-state index in [-0.39, 0.29) is 17.8 Å². The molecule has 0 aromatic rings. The van der Waals surface area contributed by atoms with E-state index in [0.717, 1.165) is 25.9 Å². The van der Waals surface area contributed by atoms with Crippen LogP contribution in [0, 0.1) is 11.8 Å². The summed E-state index contributed by atoms with van der Waals surface area (Å²) < 4.78 is 5.04. The molecule has 0 spiro atoms. The zero-order chi connectivity index (χ0) is 13.7. The van der Waals surface area contributed by atoms with Crippen molar-refractivity contribution in [1.29, 1.82) is 0 Å². The van der Waals surface area contributed by atoms with Crippen LogP contribution in [0.15, 0.2) is 0 Å². The second-order valence-electron chi connectivity index (χ2n) is 5.76. The number of rotatable bonds is 4. The molecule has 0 aromatic carbocycles. The van der Waals surface area contributed by atoms with Crippen LogP contribution >= 0.6 is 0 Å². The molecule has 2 aliphatic rings. The van der Waals surface area contributed by atoms with Crippen molar-refractivity contribution in [3.8, 4) is 0 Å². The molecule has 4 heteroatoms. The lowest BCUT2D eigenvalue weighted by atomic mass is 9.95. The van der Waals surface area contributed by atoms with Gasteiger partial charge in [0, 0.05) is 19.5 Å². The molecule has 1 aliphatic carbocycles. The highest BCUT2D eigenvalue weighted by Gasteiger charge is 2.29. The maximum absolute atomic E-state index is 12.2. The standard InChI is InChI=1S/C15H25NO3/c1-2-19-15(18)13-7-9-16(10-8-13)14(17)11-12-5-3-4-6-12/h12-13H,2-11H2,1H3. The van der Waals surface area contributed by atoms with E-state index in [1.54, 1.807) is 0 Å². The summed E-state index contributed by atoms with van der Waals surface area (Å²) in [6.07, 6.45) is 7.22. The Morgan fingerprint density at radius 3 is 2.32 bits per heavy atom. The van der Waals surface area contributed by atoms with Gasteiger partial charge in [-0.05, 0) is 38.5 Å². The van der Waals surface area contributed by atoms with Gasteiger partial charge in [-0.15, -0.1) is 0 Å². The molecule has 1 saturated carbocycles. The molecule has 0 atom stereocenters. The number of amides is 1. The number of piperidine rings is 1. The van der Waals surface area contributed by atoms with E-state index in [2.05, 4.69) is 0 Å². The first-order chi connectivity index (χ1) is 9.20. The highest BCUT2D eigenvalue weighted by Crippen LogP contribution is 2.29. The monoisotopic (exact) mass is 267 g/mol. The predicted molar refractivity (Wildman–Crippen MR) is 72.5 cm³/mol. The maximum atomic E-state index is 12.2. The molecular formula is C15H25NO3. The molecule has 0 radical (unpaired) electrons. The summed E-state index contributed by atoms with van der Waals surface area (Å²) in [5.41, 5.74) is 0. The van der Waals surface area contributed by atoms with Crippen LogP contribution in [0.3, 0.4) is 0 Å². The molecule has 4 nitrogen and oxygen atoms in total. The molecule has 0 aromatic heterocycles. The van der Waals surface area contributed by atoms with Gasteiger partial charge in [-0.2, -0.15) is 0 Å². The number of likely N-dealkylation sites (tertiary alicyclic amines) is 1. The summed E-state index contributed by atoms with van der Waals surface area (Å²) in [4.78, 5) is 25.7. The molecule has 1 saturated heterocycles.